The van der Waals surface area contributed by atoms with E-state index in [-0.39, 0.29) is 29.0 Å². The van der Waals surface area contributed by atoms with Crippen LogP contribution in [0.25, 0.3) is 0 Å². The van der Waals surface area contributed by atoms with Crippen LogP contribution in [-0.4, -0.2) is 20.1 Å². The second-order valence-electron chi connectivity index (χ2n) is 10.4. The van der Waals surface area contributed by atoms with Gasteiger partial charge < -0.3 is 0 Å². The average Bonchev–Trinajstić information content (AvgIpc) is 3.02. The molecule has 0 saturated heterocycles. The van der Waals surface area contributed by atoms with E-state index in [2.05, 4.69) is 15.5 Å². The van der Waals surface area contributed by atoms with Gasteiger partial charge in [-0.05, 0) is 91.0 Å². The fraction of sp³-hybridized carbons (Fsp3) is 0.194. The van der Waals surface area contributed by atoms with E-state index in [0.717, 1.165) is 36.2 Å². The minimum atomic E-state index is -5.15. The summed E-state index contributed by atoms with van der Waals surface area (Å²) in [6, 6.07) is 11.2. The maximum atomic E-state index is 13.3. The van der Waals surface area contributed by atoms with Gasteiger partial charge in [-0.25, -0.2) is 4.79 Å². The van der Waals surface area contributed by atoms with E-state index >= 15 is 0 Å². The molecular formula is C31H21BrF12N2O4P+. The van der Waals surface area contributed by atoms with Gasteiger partial charge in [0.2, 0.25) is 0 Å². The van der Waals surface area contributed by atoms with E-state index in [1.807, 2.05) is 0 Å². The van der Waals surface area contributed by atoms with E-state index in [1.54, 1.807) is 0 Å². The van der Waals surface area contributed by atoms with Gasteiger partial charge in [0.05, 0.1) is 22.3 Å². The molecule has 0 aromatic heterocycles. The second-order valence-corrected chi connectivity index (χ2v) is 14.4. The fourth-order valence-electron chi connectivity index (χ4n) is 4.15. The van der Waals surface area contributed by atoms with Crippen LogP contribution in [0.3, 0.4) is 0 Å². The van der Waals surface area contributed by atoms with E-state index in [9.17, 15) is 57.5 Å². The summed E-state index contributed by atoms with van der Waals surface area (Å²) in [4.78, 5) is 14.6. The molecule has 0 aliphatic carbocycles. The Morgan fingerprint density at radius 3 is 1.10 bits per heavy atom. The van der Waals surface area contributed by atoms with Crippen LogP contribution in [0.1, 0.15) is 22.3 Å². The molecule has 0 heterocycles. The Bertz CT molecular complexity index is 1740. The van der Waals surface area contributed by atoms with Crippen LogP contribution in [-0.2, 0) is 24.7 Å². The molecule has 4 aromatic rings. The number of anilines is 2. The highest BCUT2D eigenvalue weighted by atomic mass is 79.9. The number of carbonyl (C=O) groups excluding carboxylic acids is 1. The van der Waals surface area contributed by atoms with Gasteiger partial charge in [0.25, 0.3) is 15.5 Å². The van der Waals surface area contributed by atoms with Crippen molar-refractivity contribution in [3.05, 3.63) is 113 Å². The zero-order chi connectivity index (χ0) is 38.2. The highest BCUT2D eigenvalue weighted by Gasteiger charge is 2.49. The summed E-state index contributed by atoms with van der Waals surface area (Å²) in [7, 11) is 2.14. The normalized spacial score (nSPS) is 12.7. The van der Waals surface area contributed by atoms with E-state index in [1.165, 1.54) is 31.3 Å². The third-order valence-electron chi connectivity index (χ3n) is 6.76. The molecule has 0 fully saturated rings. The predicted molar refractivity (Wildman–Crippen MR) is 166 cm³/mol. The molecule has 0 unspecified atom stereocenters. The number of benzene rings is 4. The van der Waals surface area contributed by atoms with Gasteiger partial charge in [-0.3, -0.25) is 23.4 Å². The monoisotopic (exact) mass is 823 g/mol. The third kappa shape index (κ3) is 10.1. The quantitative estimate of drug-likeness (QED) is 0.131. The van der Waals surface area contributed by atoms with Crippen LogP contribution >= 0.6 is 22.1 Å². The molecule has 0 spiro atoms. The first-order valence-electron chi connectivity index (χ1n) is 13.8. The Morgan fingerprint density at radius 1 is 0.490 bits per heavy atom. The molecule has 0 atom stereocenters. The highest BCUT2D eigenvalue weighted by Crippen LogP contribution is 2.67. The van der Waals surface area contributed by atoms with Crippen molar-refractivity contribution in [2.75, 3.05) is 23.9 Å². The van der Waals surface area contributed by atoms with Crippen LogP contribution in [0.15, 0.2) is 91.0 Å². The van der Waals surface area contributed by atoms with E-state index in [0.29, 0.717) is 41.3 Å². The van der Waals surface area contributed by atoms with Crippen molar-refractivity contribution in [1.29, 1.82) is 0 Å². The molecular weight excluding hydrogens is 803 g/mol. The van der Waals surface area contributed by atoms with Crippen molar-refractivity contribution in [1.82, 2.24) is 0 Å². The lowest BCUT2D eigenvalue weighted by Gasteiger charge is -2.26. The van der Waals surface area contributed by atoms with Crippen LogP contribution < -0.4 is 23.4 Å². The molecule has 0 aliphatic heterocycles. The van der Waals surface area contributed by atoms with E-state index in [4.69, 9.17) is 13.6 Å². The van der Waals surface area contributed by atoms with E-state index < -0.39 is 65.3 Å². The lowest BCUT2D eigenvalue weighted by molar-refractivity contribution is -0.143. The van der Waals surface area contributed by atoms with Gasteiger partial charge in [-0.2, -0.15) is 52.7 Å². The zero-order valence-electron chi connectivity index (χ0n) is 25.5. The number of carbonyl (C=O) groups is 1. The molecule has 20 heteroatoms. The number of urea groups is 1. The number of alkyl halides is 12. The molecule has 6 nitrogen and oxygen atoms in total. The summed E-state index contributed by atoms with van der Waals surface area (Å²) in [5.74, 6) is -0.480. The molecule has 4 rings (SSSR count). The summed E-state index contributed by atoms with van der Waals surface area (Å²) >= 11 is 3.14. The number of rotatable bonds is 8. The smallest absolute Gasteiger partial charge is 0.297 e. The Kier molecular flexibility index (Phi) is 11.1. The molecule has 0 radical (unpaired) electrons. The second kappa shape index (κ2) is 14.3. The van der Waals surface area contributed by atoms with Crippen molar-refractivity contribution in [2.24, 2.45) is 0 Å². The minimum Gasteiger partial charge on any atom is -0.297 e. The Balaban J connectivity index is 1.58. The Labute approximate surface area is 289 Å². The number of amides is 2. The predicted octanol–water partition coefficient (Wildman–Crippen LogP) is 12.1. The first-order chi connectivity index (χ1) is 23.4. The molecule has 2 amide bonds. The summed E-state index contributed by atoms with van der Waals surface area (Å²) in [5.41, 5.74) is -5.92. The third-order valence-corrected chi connectivity index (χ3v) is 9.35. The first kappa shape index (κ1) is 39.4. The SMILES string of the molecule is CN(C(=O)N(C)c1cc(C(F)(F)F)cc(C(F)(F)F)c1)c1ccc(O[P+](Br)(Oc2ccc(C(F)(F)F)cc2)Oc2ccc(C(F)(F)F)cc2)cc1. The van der Waals surface area contributed by atoms with Crippen LogP contribution in [0.5, 0.6) is 17.2 Å². The number of halogens is 13. The van der Waals surface area contributed by atoms with Gasteiger partial charge in [0.1, 0.15) is 0 Å². The molecule has 4 aromatic carbocycles. The molecule has 0 N–H and O–H groups in total. The highest BCUT2D eigenvalue weighted by molar-refractivity contribution is 9.40. The topological polar surface area (TPSA) is 51.2 Å². The lowest BCUT2D eigenvalue weighted by Crippen LogP contribution is -2.39. The first-order valence-corrected chi connectivity index (χ1v) is 17.3. The zero-order valence-corrected chi connectivity index (χ0v) is 28.0. The van der Waals surface area contributed by atoms with Crippen molar-refractivity contribution >= 4 is 39.5 Å². The molecule has 0 bridgehead atoms. The van der Waals surface area contributed by atoms with Gasteiger partial charge in [-0.15, -0.1) is 0 Å². The fourth-order valence-corrected chi connectivity index (χ4v) is 6.89. The number of nitrogens with zero attached hydrogens (tertiary/aromatic N) is 2. The van der Waals surface area contributed by atoms with Crippen molar-refractivity contribution < 1.29 is 71.1 Å². The standard InChI is InChI=1S/C31H21BrF12N2O4P/c1-45(27(47)46(2)23-16-20(30(39,40)41)15-21(17-23)31(42,43)44)22-7-13-26(14-8-22)50-51(32,48-24-9-3-18(4-10-24)28(33,34)35)49-25-11-5-19(6-12-25)29(36,37)38/h3-17H,1-2H3/q+1. The van der Waals surface area contributed by atoms with Crippen LogP contribution in [0, 0.1) is 0 Å². The van der Waals surface area contributed by atoms with Crippen LogP contribution in [0.2, 0.25) is 0 Å². The maximum Gasteiger partial charge on any atom is 0.620 e. The number of hydrogen-bond acceptors (Lipinski definition) is 4. The molecule has 51 heavy (non-hydrogen) atoms. The maximum absolute atomic E-state index is 13.3. The molecule has 0 aliphatic rings. The summed E-state index contributed by atoms with van der Waals surface area (Å²) < 4.78 is 176. The summed E-state index contributed by atoms with van der Waals surface area (Å²) in [6.45, 7) is -3.92. The summed E-state index contributed by atoms with van der Waals surface area (Å²) in [5, 5.41) is 0. The van der Waals surface area contributed by atoms with Gasteiger partial charge in [0, 0.05) is 25.5 Å². The molecule has 274 valence electrons. The molecule has 0 saturated carbocycles. The van der Waals surface area contributed by atoms with Crippen molar-refractivity contribution in [3.63, 3.8) is 0 Å². The van der Waals surface area contributed by atoms with Crippen molar-refractivity contribution in [3.8, 4) is 17.2 Å². The Morgan fingerprint density at radius 2 is 0.784 bits per heavy atom. The number of hydrogen-bond donors (Lipinski definition) is 0. The Hall–Kier alpha value is -4.38. The minimum absolute atomic E-state index is 0.0630. The van der Waals surface area contributed by atoms with Gasteiger partial charge in [-0.1, -0.05) is 0 Å². The largest absolute Gasteiger partial charge is 0.620 e. The van der Waals surface area contributed by atoms with Gasteiger partial charge in [0.15, 0.2) is 17.2 Å². The van der Waals surface area contributed by atoms with Crippen molar-refractivity contribution in [2.45, 2.75) is 24.7 Å². The average molecular weight is 824 g/mol. The summed E-state index contributed by atoms with van der Waals surface area (Å²) in [6.07, 6.45) is -19.6. The van der Waals surface area contributed by atoms with Crippen LogP contribution in [0.4, 0.5) is 68.9 Å². The van der Waals surface area contributed by atoms with Gasteiger partial charge >= 0.3 is 37.4 Å². The lowest BCUT2D eigenvalue weighted by atomic mass is 10.1.